The Labute approximate surface area is 183 Å². The number of hydrogen-bond donors (Lipinski definition) is 1. The van der Waals surface area contributed by atoms with Gasteiger partial charge in [0.1, 0.15) is 0 Å². The Hall–Kier alpha value is -0.700. The molecular formula is C26H53N3. The van der Waals surface area contributed by atoms with E-state index in [1.165, 1.54) is 90.1 Å². The summed E-state index contributed by atoms with van der Waals surface area (Å²) in [5.41, 5.74) is 0. The van der Waals surface area contributed by atoms with Crippen LogP contribution in [0.3, 0.4) is 0 Å². The number of hydrogen-bond acceptors (Lipinski definition) is 3. The van der Waals surface area contributed by atoms with E-state index in [0.717, 1.165) is 37.8 Å². The van der Waals surface area contributed by atoms with Gasteiger partial charge in [0.2, 0.25) is 0 Å². The van der Waals surface area contributed by atoms with E-state index in [2.05, 4.69) is 55.4 Å². The number of nitrogens with one attached hydrogen (secondary N) is 1. The van der Waals surface area contributed by atoms with Crippen LogP contribution in [-0.2, 0) is 0 Å². The van der Waals surface area contributed by atoms with E-state index in [1.54, 1.807) is 0 Å². The Morgan fingerprint density at radius 2 is 0.862 bits per heavy atom. The molecule has 0 aliphatic heterocycles. The molecule has 0 radical (unpaired) electrons. The summed E-state index contributed by atoms with van der Waals surface area (Å²) < 4.78 is 0. The van der Waals surface area contributed by atoms with E-state index in [4.69, 9.17) is 0 Å². The Kier molecular flexibility index (Phi) is 23.0. The van der Waals surface area contributed by atoms with Gasteiger partial charge >= 0.3 is 0 Å². The summed E-state index contributed by atoms with van der Waals surface area (Å²) in [6.45, 7) is 13.4. The van der Waals surface area contributed by atoms with Crippen molar-refractivity contribution in [2.45, 2.75) is 118 Å². The first-order valence-electron chi connectivity index (χ1n) is 12.8. The molecule has 1 N–H and O–H groups in total. The second-order valence-electron chi connectivity index (χ2n) is 9.43. The van der Waals surface area contributed by atoms with E-state index in [-0.39, 0.29) is 0 Å². The van der Waals surface area contributed by atoms with E-state index >= 15 is 0 Å². The summed E-state index contributed by atoms with van der Waals surface area (Å²) >= 11 is 0. The fourth-order valence-electron chi connectivity index (χ4n) is 3.20. The molecule has 0 amide bonds. The lowest BCUT2D eigenvalue weighted by Crippen LogP contribution is -2.16. The Balaban J connectivity index is 3.08. The maximum Gasteiger partial charge on any atom is 0.0385 e. The molecule has 0 atom stereocenters. The number of rotatable bonds is 22. The first kappa shape index (κ1) is 28.3. The van der Waals surface area contributed by atoms with Crippen LogP contribution in [0.15, 0.2) is 9.98 Å². The van der Waals surface area contributed by atoms with Crippen molar-refractivity contribution in [2.24, 2.45) is 21.8 Å². The largest absolute Gasteiger partial charge is 0.317 e. The van der Waals surface area contributed by atoms with Crippen LogP contribution < -0.4 is 5.32 Å². The standard InChI is InChI=1S/C26H53N3/c1-25(2)17-23-28-21-15-11-7-5-9-13-19-27-20-14-10-6-8-12-16-22-29-24-18-26(3)4/h23-27H,5-22H2,1-4H3. The summed E-state index contributed by atoms with van der Waals surface area (Å²) in [5.74, 6) is 1.48. The molecule has 0 heterocycles. The molecule has 0 aromatic rings. The highest BCUT2D eigenvalue weighted by Gasteiger charge is 1.94. The zero-order valence-corrected chi connectivity index (χ0v) is 20.4. The normalized spacial score (nSPS) is 12.3. The van der Waals surface area contributed by atoms with Gasteiger partial charge in [-0.05, 0) is 75.9 Å². The average molecular weight is 408 g/mol. The maximum absolute atomic E-state index is 4.49. The van der Waals surface area contributed by atoms with Crippen LogP contribution in [0.1, 0.15) is 118 Å². The van der Waals surface area contributed by atoms with Crippen molar-refractivity contribution in [1.82, 2.24) is 5.32 Å². The van der Waals surface area contributed by atoms with Crippen LogP contribution in [0.5, 0.6) is 0 Å². The minimum absolute atomic E-state index is 0.738. The van der Waals surface area contributed by atoms with Crippen molar-refractivity contribution >= 4 is 12.4 Å². The van der Waals surface area contributed by atoms with Gasteiger partial charge in [-0.25, -0.2) is 0 Å². The Morgan fingerprint density at radius 1 is 0.517 bits per heavy atom. The first-order valence-corrected chi connectivity index (χ1v) is 12.8. The molecule has 0 saturated carbocycles. The molecule has 0 aliphatic rings. The van der Waals surface area contributed by atoms with Crippen LogP contribution in [0, 0.1) is 11.8 Å². The molecule has 0 spiro atoms. The van der Waals surface area contributed by atoms with Crippen LogP contribution in [0.4, 0.5) is 0 Å². The molecule has 0 unspecified atom stereocenters. The molecule has 0 rings (SSSR count). The van der Waals surface area contributed by atoms with Crippen LogP contribution in [0.2, 0.25) is 0 Å². The number of nitrogens with zero attached hydrogens (tertiary/aromatic N) is 2. The van der Waals surface area contributed by atoms with E-state index < -0.39 is 0 Å². The van der Waals surface area contributed by atoms with E-state index in [9.17, 15) is 0 Å². The fourth-order valence-corrected chi connectivity index (χ4v) is 3.20. The molecular weight excluding hydrogens is 354 g/mol. The zero-order valence-electron chi connectivity index (χ0n) is 20.4. The molecule has 0 fully saturated rings. The van der Waals surface area contributed by atoms with Crippen molar-refractivity contribution in [3.8, 4) is 0 Å². The van der Waals surface area contributed by atoms with Gasteiger partial charge in [-0.2, -0.15) is 0 Å². The molecule has 0 bridgehead atoms. The van der Waals surface area contributed by atoms with Crippen molar-refractivity contribution < 1.29 is 0 Å². The third kappa shape index (κ3) is 27.3. The number of aliphatic imine (C=N–C) groups is 2. The molecule has 0 aliphatic carbocycles. The zero-order chi connectivity index (χ0) is 21.4. The van der Waals surface area contributed by atoms with E-state index in [1.807, 2.05) is 0 Å². The summed E-state index contributed by atoms with van der Waals surface area (Å²) in [4.78, 5) is 8.98. The minimum atomic E-state index is 0.738. The molecule has 3 heteroatoms. The van der Waals surface area contributed by atoms with Gasteiger partial charge < -0.3 is 5.32 Å². The van der Waals surface area contributed by atoms with Crippen LogP contribution in [-0.4, -0.2) is 38.6 Å². The summed E-state index contributed by atoms with van der Waals surface area (Å²) in [7, 11) is 0. The SMILES string of the molecule is CC(C)CC=NCCCCCCCCNCCCCCCCCN=CCC(C)C. The highest BCUT2D eigenvalue weighted by Crippen LogP contribution is 2.07. The predicted octanol–water partition coefficient (Wildman–Crippen LogP) is 7.49. The van der Waals surface area contributed by atoms with Crippen molar-refractivity contribution in [1.29, 1.82) is 0 Å². The van der Waals surface area contributed by atoms with Crippen LogP contribution >= 0.6 is 0 Å². The lowest BCUT2D eigenvalue weighted by atomic mass is 10.1. The second kappa shape index (κ2) is 23.6. The molecule has 3 nitrogen and oxygen atoms in total. The van der Waals surface area contributed by atoms with Crippen molar-refractivity contribution in [3.63, 3.8) is 0 Å². The monoisotopic (exact) mass is 407 g/mol. The highest BCUT2D eigenvalue weighted by atomic mass is 14.8. The molecule has 0 aromatic carbocycles. The third-order valence-corrected chi connectivity index (χ3v) is 5.19. The molecule has 0 aromatic heterocycles. The van der Waals surface area contributed by atoms with Crippen molar-refractivity contribution in [3.05, 3.63) is 0 Å². The second-order valence-corrected chi connectivity index (χ2v) is 9.43. The van der Waals surface area contributed by atoms with Gasteiger partial charge in [0.25, 0.3) is 0 Å². The maximum atomic E-state index is 4.49. The number of unbranched alkanes of at least 4 members (excludes halogenated alkanes) is 10. The van der Waals surface area contributed by atoms with Gasteiger partial charge in [-0.1, -0.05) is 79.1 Å². The van der Waals surface area contributed by atoms with Gasteiger partial charge in [-0.15, -0.1) is 0 Å². The minimum Gasteiger partial charge on any atom is -0.317 e. The summed E-state index contributed by atoms with van der Waals surface area (Å²) in [5, 5.41) is 3.62. The smallest absolute Gasteiger partial charge is 0.0385 e. The van der Waals surface area contributed by atoms with Crippen LogP contribution in [0.25, 0.3) is 0 Å². The summed E-state index contributed by atoms with van der Waals surface area (Å²) in [6.07, 6.45) is 22.7. The highest BCUT2D eigenvalue weighted by molar-refractivity contribution is 5.57. The lowest BCUT2D eigenvalue weighted by Gasteiger charge is -2.05. The van der Waals surface area contributed by atoms with E-state index in [0.29, 0.717) is 0 Å². The van der Waals surface area contributed by atoms with Gasteiger partial charge in [0, 0.05) is 13.1 Å². The first-order chi connectivity index (χ1) is 14.1. The van der Waals surface area contributed by atoms with Gasteiger partial charge in [0.05, 0.1) is 0 Å². The Morgan fingerprint density at radius 3 is 1.24 bits per heavy atom. The topological polar surface area (TPSA) is 36.8 Å². The molecule has 172 valence electrons. The predicted molar refractivity (Wildman–Crippen MR) is 134 cm³/mol. The van der Waals surface area contributed by atoms with Gasteiger partial charge in [0.15, 0.2) is 0 Å². The molecule has 29 heavy (non-hydrogen) atoms. The average Bonchev–Trinajstić information content (AvgIpc) is 2.68. The van der Waals surface area contributed by atoms with Gasteiger partial charge in [-0.3, -0.25) is 9.98 Å². The van der Waals surface area contributed by atoms with Crippen molar-refractivity contribution in [2.75, 3.05) is 26.2 Å². The third-order valence-electron chi connectivity index (χ3n) is 5.19. The molecule has 0 saturated heterocycles. The lowest BCUT2D eigenvalue weighted by molar-refractivity contribution is 0.540. The Bertz CT molecular complexity index is 327. The summed E-state index contributed by atoms with van der Waals surface area (Å²) in [6, 6.07) is 0. The quantitative estimate of drug-likeness (QED) is 0.146. The fraction of sp³-hybridized carbons (Fsp3) is 0.923.